The standard InChI is InChI=1S/C11H16FNO/c1-11(12,8-13-2)7-9-3-5-10(14)6-4-9/h3-6,13-14H,7-8H2,1-2H3. The molecule has 1 atom stereocenters. The Balaban J connectivity index is 2.64. The molecule has 0 fully saturated rings. The van der Waals surface area contributed by atoms with Crippen LogP contribution in [0.4, 0.5) is 4.39 Å². The second kappa shape index (κ2) is 4.42. The fraction of sp³-hybridized carbons (Fsp3) is 0.455. The van der Waals surface area contributed by atoms with Gasteiger partial charge in [-0.1, -0.05) is 12.1 Å². The van der Waals surface area contributed by atoms with Gasteiger partial charge in [0.2, 0.25) is 0 Å². The van der Waals surface area contributed by atoms with E-state index in [0.29, 0.717) is 13.0 Å². The largest absolute Gasteiger partial charge is 0.508 e. The van der Waals surface area contributed by atoms with Crippen LogP contribution in [0.2, 0.25) is 0 Å². The first-order chi connectivity index (χ1) is 6.53. The number of hydrogen-bond acceptors (Lipinski definition) is 2. The SMILES string of the molecule is CNCC(C)(F)Cc1ccc(O)cc1. The van der Waals surface area contributed by atoms with Crippen molar-refractivity contribution in [3.8, 4) is 5.75 Å². The molecule has 0 aliphatic heterocycles. The minimum absolute atomic E-state index is 0.211. The summed E-state index contributed by atoms with van der Waals surface area (Å²) in [6, 6.07) is 6.63. The van der Waals surface area contributed by atoms with Crippen molar-refractivity contribution in [3.05, 3.63) is 29.8 Å². The van der Waals surface area contributed by atoms with Crippen molar-refractivity contribution in [2.24, 2.45) is 0 Å². The van der Waals surface area contributed by atoms with Crippen molar-refractivity contribution in [2.45, 2.75) is 19.0 Å². The maximum Gasteiger partial charge on any atom is 0.124 e. The van der Waals surface area contributed by atoms with E-state index in [1.807, 2.05) is 0 Å². The molecular weight excluding hydrogens is 181 g/mol. The van der Waals surface area contributed by atoms with Gasteiger partial charge in [0.25, 0.3) is 0 Å². The van der Waals surface area contributed by atoms with Crippen LogP contribution in [0.5, 0.6) is 5.75 Å². The van der Waals surface area contributed by atoms with E-state index in [2.05, 4.69) is 5.32 Å². The molecule has 0 saturated heterocycles. The normalized spacial score (nSPS) is 15.1. The molecule has 0 spiro atoms. The molecular formula is C11H16FNO. The van der Waals surface area contributed by atoms with Crippen molar-refractivity contribution >= 4 is 0 Å². The van der Waals surface area contributed by atoms with E-state index in [1.165, 1.54) is 0 Å². The van der Waals surface area contributed by atoms with Crippen molar-refractivity contribution in [1.82, 2.24) is 5.32 Å². The topological polar surface area (TPSA) is 32.3 Å². The van der Waals surface area contributed by atoms with E-state index in [1.54, 1.807) is 38.2 Å². The number of phenols is 1. The van der Waals surface area contributed by atoms with Crippen molar-refractivity contribution in [1.29, 1.82) is 0 Å². The molecule has 1 aromatic carbocycles. The lowest BCUT2D eigenvalue weighted by Gasteiger charge is -2.19. The Morgan fingerprint density at radius 1 is 1.36 bits per heavy atom. The highest BCUT2D eigenvalue weighted by Gasteiger charge is 2.22. The summed E-state index contributed by atoms with van der Waals surface area (Å²) in [5.74, 6) is 0.211. The number of nitrogens with one attached hydrogen (secondary N) is 1. The van der Waals surface area contributed by atoms with Gasteiger partial charge in [-0.25, -0.2) is 4.39 Å². The Hall–Kier alpha value is -1.09. The van der Waals surface area contributed by atoms with Gasteiger partial charge in [-0.05, 0) is 31.7 Å². The molecule has 14 heavy (non-hydrogen) atoms. The monoisotopic (exact) mass is 197 g/mol. The summed E-state index contributed by atoms with van der Waals surface area (Å²) in [6.07, 6.45) is 0.355. The summed E-state index contributed by atoms with van der Waals surface area (Å²) < 4.78 is 13.8. The molecule has 0 aliphatic rings. The van der Waals surface area contributed by atoms with Crippen LogP contribution in [0.1, 0.15) is 12.5 Å². The highest BCUT2D eigenvalue weighted by Crippen LogP contribution is 2.18. The Bertz CT molecular complexity index is 282. The first-order valence-corrected chi connectivity index (χ1v) is 4.65. The average Bonchev–Trinajstić information content (AvgIpc) is 2.08. The molecule has 3 heteroatoms. The van der Waals surface area contributed by atoms with E-state index < -0.39 is 5.67 Å². The molecule has 0 aromatic heterocycles. The van der Waals surface area contributed by atoms with Crippen LogP contribution < -0.4 is 5.32 Å². The third-order valence-corrected chi connectivity index (χ3v) is 2.05. The highest BCUT2D eigenvalue weighted by atomic mass is 19.1. The van der Waals surface area contributed by atoms with Crippen LogP contribution in [-0.2, 0) is 6.42 Å². The van der Waals surface area contributed by atoms with Crippen LogP contribution in [-0.4, -0.2) is 24.4 Å². The molecule has 0 bridgehead atoms. The minimum Gasteiger partial charge on any atom is -0.508 e. The molecule has 0 heterocycles. The maximum atomic E-state index is 13.8. The molecule has 0 radical (unpaired) electrons. The van der Waals surface area contributed by atoms with Gasteiger partial charge in [0.1, 0.15) is 11.4 Å². The number of benzene rings is 1. The molecule has 0 amide bonds. The highest BCUT2D eigenvalue weighted by molar-refractivity contribution is 5.26. The summed E-state index contributed by atoms with van der Waals surface area (Å²) in [5.41, 5.74) is -0.353. The number of hydrogen-bond donors (Lipinski definition) is 2. The first-order valence-electron chi connectivity index (χ1n) is 4.65. The number of rotatable bonds is 4. The quantitative estimate of drug-likeness (QED) is 0.772. The van der Waals surface area contributed by atoms with E-state index in [-0.39, 0.29) is 5.75 Å². The zero-order valence-electron chi connectivity index (χ0n) is 8.55. The van der Waals surface area contributed by atoms with E-state index >= 15 is 0 Å². The third-order valence-electron chi connectivity index (χ3n) is 2.05. The lowest BCUT2D eigenvalue weighted by Crippen LogP contribution is -2.33. The van der Waals surface area contributed by atoms with Gasteiger partial charge >= 0.3 is 0 Å². The lowest BCUT2D eigenvalue weighted by molar-refractivity contribution is 0.188. The predicted molar refractivity (Wildman–Crippen MR) is 55.3 cm³/mol. The zero-order chi connectivity index (χ0) is 10.6. The van der Waals surface area contributed by atoms with Crippen LogP contribution in [0.25, 0.3) is 0 Å². The Labute approximate surface area is 83.8 Å². The van der Waals surface area contributed by atoms with Crippen LogP contribution in [0.15, 0.2) is 24.3 Å². The summed E-state index contributed by atoms with van der Waals surface area (Å²) >= 11 is 0. The molecule has 2 N–H and O–H groups in total. The maximum absolute atomic E-state index is 13.8. The van der Waals surface area contributed by atoms with Gasteiger partial charge in [-0.15, -0.1) is 0 Å². The van der Waals surface area contributed by atoms with Gasteiger partial charge in [0, 0.05) is 13.0 Å². The Morgan fingerprint density at radius 3 is 2.43 bits per heavy atom. The first kappa shape index (κ1) is 11.0. The van der Waals surface area contributed by atoms with Crippen LogP contribution in [0.3, 0.4) is 0 Å². The lowest BCUT2D eigenvalue weighted by atomic mass is 9.98. The molecule has 1 rings (SSSR count). The molecule has 0 aliphatic carbocycles. The average molecular weight is 197 g/mol. The second-order valence-corrected chi connectivity index (χ2v) is 3.79. The fourth-order valence-corrected chi connectivity index (χ4v) is 1.47. The minimum atomic E-state index is -1.24. The van der Waals surface area contributed by atoms with Gasteiger partial charge in [0.15, 0.2) is 0 Å². The van der Waals surface area contributed by atoms with Crippen LogP contribution >= 0.6 is 0 Å². The van der Waals surface area contributed by atoms with Crippen molar-refractivity contribution in [3.63, 3.8) is 0 Å². The smallest absolute Gasteiger partial charge is 0.124 e. The van der Waals surface area contributed by atoms with Gasteiger partial charge < -0.3 is 10.4 Å². The molecule has 0 saturated carbocycles. The second-order valence-electron chi connectivity index (χ2n) is 3.79. The van der Waals surface area contributed by atoms with E-state index in [4.69, 9.17) is 5.11 Å². The van der Waals surface area contributed by atoms with Crippen molar-refractivity contribution < 1.29 is 9.50 Å². The molecule has 78 valence electrons. The summed E-state index contributed by atoms with van der Waals surface area (Å²) in [5, 5.41) is 11.9. The van der Waals surface area contributed by atoms with Crippen molar-refractivity contribution in [2.75, 3.05) is 13.6 Å². The molecule has 1 unspecified atom stereocenters. The van der Waals surface area contributed by atoms with E-state index in [0.717, 1.165) is 5.56 Å². The van der Waals surface area contributed by atoms with Gasteiger partial charge in [-0.3, -0.25) is 0 Å². The van der Waals surface area contributed by atoms with E-state index in [9.17, 15) is 4.39 Å². The Kier molecular flexibility index (Phi) is 3.47. The zero-order valence-corrected chi connectivity index (χ0v) is 8.55. The molecule has 1 aromatic rings. The number of phenolic OH excluding ortho intramolecular Hbond substituents is 1. The van der Waals surface area contributed by atoms with Crippen LogP contribution in [0, 0.1) is 0 Å². The number of aromatic hydroxyl groups is 1. The number of alkyl halides is 1. The van der Waals surface area contributed by atoms with Gasteiger partial charge in [0.05, 0.1) is 0 Å². The summed E-state index contributed by atoms with van der Waals surface area (Å²) in [6.45, 7) is 1.89. The summed E-state index contributed by atoms with van der Waals surface area (Å²) in [4.78, 5) is 0. The third kappa shape index (κ3) is 3.34. The van der Waals surface area contributed by atoms with Gasteiger partial charge in [-0.2, -0.15) is 0 Å². The number of halogens is 1. The Morgan fingerprint density at radius 2 is 1.93 bits per heavy atom. The fourth-order valence-electron chi connectivity index (χ4n) is 1.47. The summed E-state index contributed by atoms with van der Waals surface area (Å²) in [7, 11) is 1.73. The molecule has 2 nitrogen and oxygen atoms in total. The predicted octanol–water partition coefficient (Wildman–Crippen LogP) is 1.88.